The van der Waals surface area contributed by atoms with Crippen LogP contribution in [0.3, 0.4) is 0 Å². The molecule has 10 heteroatoms. The zero-order valence-electron chi connectivity index (χ0n) is 14.7. The lowest BCUT2D eigenvalue weighted by atomic mass is 10.2. The van der Waals surface area contributed by atoms with E-state index in [9.17, 15) is 13.2 Å². The Balaban J connectivity index is 0.00000338. The minimum Gasteiger partial charge on any atom is -0.356 e. The molecule has 1 amide bonds. The number of guanidine groups is 1. The molecule has 1 atom stereocenters. The minimum atomic E-state index is -2.94. The molecule has 2 rings (SSSR count). The summed E-state index contributed by atoms with van der Waals surface area (Å²) in [6.07, 6.45) is 0.849. The Hall–Kier alpha value is -0.880. The highest BCUT2D eigenvalue weighted by Crippen LogP contribution is 2.20. The fraction of sp³-hybridized carbons (Fsp3) is 0.500. The van der Waals surface area contributed by atoms with Crippen LogP contribution in [0, 0.1) is 6.92 Å². The molecule has 1 aromatic carbocycles. The van der Waals surface area contributed by atoms with Gasteiger partial charge in [-0.2, -0.15) is 0 Å². The van der Waals surface area contributed by atoms with Crippen LogP contribution in [0.5, 0.6) is 0 Å². The van der Waals surface area contributed by atoms with Crippen molar-refractivity contribution in [1.82, 2.24) is 10.6 Å². The predicted molar refractivity (Wildman–Crippen MR) is 119 cm³/mol. The summed E-state index contributed by atoms with van der Waals surface area (Å²) in [4.78, 5) is 16.1. The summed E-state index contributed by atoms with van der Waals surface area (Å²) in [7, 11) is -1.32. The van der Waals surface area contributed by atoms with Crippen LogP contribution in [0.25, 0.3) is 0 Å². The number of nitrogens with zero attached hydrogens (tertiary/aromatic N) is 1. The van der Waals surface area contributed by atoms with E-state index in [0.29, 0.717) is 18.9 Å². The molecule has 1 fully saturated rings. The van der Waals surface area contributed by atoms with Gasteiger partial charge >= 0.3 is 0 Å². The van der Waals surface area contributed by atoms with Gasteiger partial charge in [0.25, 0.3) is 0 Å². The van der Waals surface area contributed by atoms with Crippen LogP contribution in [0.1, 0.15) is 18.4 Å². The van der Waals surface area contributed by atoms with Gasteiger partial charge in [-0.1, -0.05) is 22.0 Å². The standard InChI is InChI=1S/C16H23BrN4O3S.HI/c1-11-3-4-12(17)9-14(11)21-15(22)5-7-19-16(18-2)20-13-6-8-25(23,24)10-13;/h3-4,9,13H,5-8,10H2,1-2H3,(H,21,22)(H2,18,19,20);1H. The van der Waals surface area contributed by atoms with E-state index in [2.05, 4.69) is 36.9 Å². The fourth-order valence-electron chi connectivity index (χ4n) is 2.53. The van der Waals surface area contributed by atoms with Crippen molar-refractivity contribution in [3.8, 4) is 0 Å². The van der Waals surface area contributed by atoms with Crippen molar-refractivity contribution in [2.45, 2.75) is 25.8 Å². The number of benzene rings is 1. The molecule has 0 aliphatic carbocycles. The monoisotopic (exact) mass is 558 g/mol. The molecule has 0 saturated carbocycles. The normalized spacial score (nSPS) is 18.7. The number of aryl methyl sites for hydroxylation is 1. The lowest BCUT2D eigenvalue weighted by molar-refractivity contribution is -0.116. The molecule has 7 nitrogen and oxygen atoms in total. The Morgan fingerprint density at radius 1 is 1.38 bits per heavy atom. The third-order valence-electron chi connectivity index (χ3n) is 3.92. The topological polar surface area (TPSA) is 99.7 Å². The number of hydrogen-bond donors (Lipinski definition) is 3. The summed E-state index contributed by atoms with van der Waals surface area (Å²) in [6.45, 7) is 2.33. The van der Waals surface area contributed by atoms with Gasteiger partial charge in [-0.3, -0.25) is 9.79 Å². The van der Waals surface area contributed by atoms with Crippen LogP contribution in [-0.4, -0.2) is 51.4 Å². The smallest absolute Gasteiger partial charge is 0.226 e. The number of amides is 1. The summed E-state index contributed by atoms with van der Waals surface area (Å²) < 4.78 is 23.9. The first-order chi connectivity index (χ1) is 11.8. The van der Waals surface area contributed by atoms with Gasteiger partial charge < -0.3 is 16.0 Å². The zero-order valence-corrected chi connectivity index (χ0v) is 19.4. The number of carbonyl (C=O) groups is 1. The molecule has 26 heavy (non-hydrogen) atoms. The summed E-state index contributed by atoms with van der Waals surface area (Å²) in [5, 5.41) is 9.00. The highest BCUT2D eigenvalue weighted by molar-refractivity contribution is 14.0. The molecule has 1 aliphatic rings. The number of hydrogen-bond acceptors (Lipinski definition) is 4. The molecule has 1 aliphatic heterocycles. The van der Waals surface area contributed by atoms with Crippen molar-refractivity contribution in [2.75, 3.05) is 30.4 Å². The molecule has 0 radical (unpaired) electrons. The molecule has 0 spiro atoms. The summed E-state index contributed by atoms with van der Waals surface area (Å²) in [5.74, 6) is 0.730. The van der Waals surface area contributed by atoms with Gasteiger partial charge in [-0.05, 0) is 31.0 Å². The minimum absolute atomic E-state index is 0. The van der Waals surface area contributed by atoms with E-state index in [-0.39, 0.29) is 53.9 Å². The average molecular weight is 559 g/mol. The third-order valence-corrected chi connectivity index (χ3v) is 6.18. The van der Waals surface area contributed by atoms with Crippen LogP contribution < -0.4 is 16.0 Å². The first-order valence-electron chi connectivity index (χ1n) is 8.02. The Morgan fingerprint density at radius 3 is 2.73 bits per heavy atom. The van der Waals surface area contributed by atoms with Crippen molar-refractivity contribution in [3.63, 3.8) is 0 Å². The molecule has 0 aromatic heterocycles. The van der Waals surface area contributed by atoms with E-state index in [1.165, 1.54) is 0 Å². The zero-order chi connectivity index (χ0) is 18.4. The van der Waals surface area contributed by atoms with E-state index in [1.807, 2.05) is 25.1 Å². The van der Waals surface area contributed by atoms with Crippen LogP contribution in [0.4, 0.5) is 5.69 Å². The fourth-order valence-corrected chi connectivity index (χ4v) is 4.57. The highest BCUT2D eigenvalue weighted by Gasteiger charge is 2.28. The van der Waals surface area contributed by atoms with Gasteiger partial charge in [0, 0.05) is 36.2 Å². The molecule has 1 aromatic rings. The first kappa shape index (κ1) is 23.2. The van der Waals surface area contributed by atoms with Crippen LogP contribution >= 0.6 is 39.9 Å². The van der Waals surface area contributed by atoms with Gasteiger partial charge in [0.1, 0.15) is 0 Å². The van der Waals surface area contributed by atoms with Gasteiger partial charge in [0.05, 0.1) is 11.5 Å². The number of sulfone groups is 1. The summed E-state index contributed by atoms with van der Waals surface area (Å²) in [6, 6.07) is 5.58. The molecule has 146 valence electrons. The van der Waals surface area contributed by atoms with Crippen LogP contribution in [0.2, 0.25) is 0 Å². The molecule has 0 bridgehead atoms. The Morgan fingerprint density at radius 2 is 2.12 bits per heavy atom. The predicted octanol–water partition coefficient (Wildman–Crippen LogP) is 2.06. The molecular formula is C16H24BrIN4O3S. The van der Waals surface area contributed by atoms with E-state index < -0.39 is 9.84 Å². The van der Waals surface area contributed by atoms with Gasteiger partial charge in [0.15, 0.2) is 15.8 Å². The number of carbonyl (C=O) groups excluding carboxylic acids is 1. The quantitative estimate of drug-likeness (QED) is 0.292. The van der Waals surface area contributed by atoms with Crippen molar-refractivity contribution in [3.05, 3.63) is 28.2 Å². The van der Waals surface area contributed by atoms with E-state index in [0.717, 1.165) is 15.7 Å². The second-order valence-corrected chi connectivity index (χ2v) is 9.15. The number of halogens is 2. The maximum absolute atomic E-state index is 12.1. The van der Waals surface area contributed by atoms with E-state index in [1.54, 1.807) is 7.05 Å². The SMILES string of the molecule is CN=C(NCCC(=O)Nc1cc(Br)ccc1C)NC1CCS(=O)(=O)C1.I. The largest absolute Gasteiger partial charge is 0.356 e. The maximum atomic E-state index is 12.1. The average Bonchev–Trinajstić information content (AvgIpc) is 2.88. The van der Waals surface area contributed by atoms with Crippen molar-refractivity contribution >= 4 is 67.3 Å². The lowest BCUT2D eigenvalue weighted by Gasteiger charge is -2.16. The molecule has 1 heterocycles. The van der Waals surface area contributed by atoms with Gasteiger partial charge in [-0.15, -0.1) is 24.0 Å². The van der Waals surface area contributed by atoms with Crippen LogP contribution in [0.15, 0.2) is 27.7 Å². The lowest BCUT2D eigenvalue weighted by Crippen LogP contribution is -2.44. The van der Waals surface area contributed by atoms with E-state index in [4.69, 9.17) is 0 Å². The third kappa shape index (κ3) is 7.39. The molecule has 1 unspecified atom stereocenters. The summed E-state index contributed by atoms with van der Waals surface area (Å²) in [5.41, 5.74) is 1.77. The number of aliphatic imine (C=N–C) groups is 1. The number of anilines is 1. The first-order valence-corrected chi connectivity index (χ1v) is 10.6. The Labute approximate surface area is 179 Å². The Kier molecular flexibility index (Phi) is 9.31. The summed E-state index contributed by atoms with van der Waals surface area (Å²) >= 11 is 3.39. The molecular weight excluding hydrogens is 535 g/mol. The van der Waals surface area contributed by atoms with Crippen LogP contribution in [-0.2, 0) is 14.6 Å². The maximum Gasteiger partial charge on any atom is 0.226 e. The second kappa shape index (κ2) is 10.5. The highest BCUT2D eigenvalue weighted by atomic mass is 127. The van der Waals surface area contributed by atoms with E-state index >= 15 is 0 Å². The van der Waals surface area contributed by atoms with Crippen molar-refractivity contribution < 1.29 is 13.2 Å². The number of rotatable bonds is 5. The van der Waals surface area contributed by atoms with Crippen molar-refractivity contribution in [2.24, 2.45) is 4.99 Å². The number of nitrogens with one attached hydrogen (secondary N) is 3. The second-order valence-electron chi connectivity index (χ2n) is 6.00. The van der Waals surface area contributed by atoms with Gasteiger partial charge in [-0.25, -0.2) is 8.42 Å². The molecule has 1 saturated heterocycles. The Bertz CT molecular complexity index is 771. The van der Waals surface area contributed by atoms with Gasteiger partial charge in [0.2, 0.25) is 5.91 Å². The van der Waals surface area contributed by atoms with Crippen molar-refractivity contribution in [1.29, 1.82) is 0 Å². The molecule has 3 N–H and O–H groups in total.